The Kier molecular flexibility index (Phi) is 8.58. The van der Waals surface area contributed by atoms with Gasteiger partial charge < -0.3 is 9.80 Å². The summed E-state index contributed by atoms with van der Waals surface area (Å²) in [5, 5.41) is 0.527. The van der Waals surface area contributed by atoms with Gasteiger partial charge in [-0.3, -0.25) is 9.69 Å². The summed E-state index contributed by atoms with van der Waals surface area (Å²) in [6.45, 7) is 7.24. The zero-order chi connectivity index (χ0) is 21.0. The maximum absolute atomic E-state index is 14.2. The Morgan fingerprint density at radius 2 is 1.70 bits per heavy atom. The predicted octanol–water partition coefficient (Wildman–Crippen LogP) is 4.91. The van der Waals surface area contributed by atoms with Crippen molar-refractivity contribution in [3.63, 3.8) is 0 Å². The molecule has 8 heteroatoms. The maximum atomic E-state index is 14.2. The van der Waals surface area contributed by atoms with E-state index >= 15 is 0 Å². The average molecular weight is 451 g/mol. The molecule has 0 fully saturated rings. The number of likely N-dealkylation sites (N-methyl/N-ethyl adjacent to an activating group) is 1. The normalized spacial score (nSPS) is 10.9. The summed E-state index contributed by atoms with van der Waals surface area (Å²) in [6, 6.07) is 12.4. The number of amides is 1. The summed E-state index contributed by atoms with van der Waals surface area (Å²) in [6.07, 6.45) is 0. The first-order chi connectivity index (χ1) is 13.9. The van der Waals surface area contributed by atoms with Crippen LogP contribution in [0.5, 0.6) is 0 Å². The van der Waals surface area contributed by atoms with E-state index in [1.807, 2.05) is 49.3 Å². The van der Waals surface area contributed by atoms with E-state index in [-0.39, 0.29) is 24.1 Å². The number of aromatic nitrogens is 1. The Hall–Kier alpha value is -2.22. The van der Waals surface area contributed by atoms with Gasteiger partial charge in [-0.15, -0.1) is 12.4 Å². The molecule has 0 atom stereocenters. The highest BCUT2D eigenvalue weighted by molar-refractivity contribution is 7.22. The van der Waals surface area contributed by atoms with Crippen molar-refractivity contribution in [2.75, 3.05) is 50.1 Å². The van der Waals surface area contributed by atoms with Gasteiger partial charge >= 0.3 is 0 Å². The molecule has 0 aliphatic heterocycles. The molecule has 1 heterocycles. The number of nitrogens with zero attached hydrogens (tertiary/aromatic N) is 4. The number of para-hydroxylation sites is 1. The first kappa shape index (κ1) is 24.1. The van der Waals surface area contributed by atoms with Crippen LogP contribution in [0, 0.1) is 5.82 Å². The van der Waals surface area contributed by atoms with Crippen molar-refractivity contribution in [1.29, 1.82) is 0 Å². The molecule has 0 saturated heterocycles. The molecule has 0 saturated carbocycles. The Labute approximate surface area is 187 Å². The second kappa shape index (κ2) is 10.7. The van der Waals surface area contributed by atoms with Gasteiger partial charge in [0.2, 0.25) is 0 Å². The summed E-state index contributed by atoms with van der Waals surface area (Å²) in [5.74, 6) is -0.488. The van der Waals surface area contributed by atoms with Crippen LogP contribution in [0.2, 0.25) is 0 Å². The lowest BCUT2D eigenvalue weighted by Crippen LogP contribution is -2.38. The number of benzene rings is 2. The fourth-order valence-electron chi connectivity index (χ4n) is 3.14. The van der Waals surface area contributed by atoms with Crippen LogP contribution in [0.4, 0.5) is 15.2 Å². The van der Waals surface area contributed by atoms with Crippen molar-refractivity contribution in [1.82, 2.24) is 9.88 Å². The Morgan fingerprint density at radius 1 is 1.03 bits per heavy atom. The zero-order valence-electron chi connectivity index (χ0n) is 17.8. The largest absolute Gasteiger partial charge is 0.378 e. The van der Waals surface area contributed by atoms with E-state index in [4.69, 9.17) is 0 Å². The third kappa shape index (κ3) is 5.28. The molecule has 0 aliphatic rings. The third-order valence-electron chi connectivity index (χ3n) is 5.00. The molecule has 1 amide bonds. The SMILES string of the molecule is CCN(CC)CCN(C(=O)c1ccc(N(C)C)cc1)c1nc2c(F)cccc2s1.Cl. The van der Waals surface area contributed by atoms with E-state index in [9.17, 15) is 9.18 Å². The highest BCUT2D eigenvalue weighted by atomic mass is 35.5. The summed E-state index contributed by atoms with van der Waals surface area (Å²) in [4.78, 5) is 23.7. The number of carbonyl (C=O) groups excluding carboxylic acids is 1. The van der Waals surface area contributed by atoms with Crippen LogP contribution in [0.1, 0.15) is 24.2 Å². The van der Waals surface area contributed by atoms with Gasteiger partial charge in [-0.2, -0.15) is 0 Å². The molecule has 0 unspecified atom stereocenters. The maximum Gasteiger partial charge on any atom is 0.260 e. The zero-order valence-corrected chi connectivity index (χ0v) is 19.4. The second-order valence-corrected chi connectivity index (χ2v) is 8.02. The van der Waals surface area contributed by atoms with E-state index in [1.165, 1.54) is 17.4 Å². The van der Waals surface area contributed by atoms with Crippen LogP contribution in [-0.4, -0.2) is 56.1 Å². The standard InChI is InChI=1S/C22H27FN4OS.ClH/c1-5-26(6-2)14-15-27(21(28)16-10-12-17(13-11-16)25(3)4)22-24-20-18(23)8-7-9-19(20)29-22;/h7-13H,5-6,14-15H2,1-4H3;1H. The second-order valence-electron chi connectivity index (χ2n) is 7.01. The monoisotopic (exact) mass is 450 g/mol. The minimum atomic E-state index is -0.364. The quantitative estimate of drug-likeness (QED) is 0.488. The summed E-state index contributed by atoms with van der Waals surface area (Å²) >= 11 is 1.34. The molecule has 0 N–H and O–H groups in total. The van der Waals surface area contributed by atoms with E-state index < -0.39 is 0 Å². The van der Waals surface area contributed by atoms with Gasteiger partial charge in [0.15, 0.2) is 5.13 Å². The minimum absolute atomic E-state index is 0. The van der Waals surface area contributed by atoms with Crippen LogP contribution < -0.4 is 9.80 Å². The molecular formula is C22H28ClFN4OS. The van der Waals surface area contributed by atoms with Gasteiger partial charge in [0.25, 0.3) is 5.91 Å². The Morgan fingerprint density at radius 3 is 2.27 bits per heavy atom. The van der Waals surface area contributed by atoms with Gasteiger partial charge in [0.05, 0.1) is 4.70 Å². The van der Waals surface area contributed by atoms with E-state index in [0.717, 1.165) is 30.0 Å². The molecule has 0 spiro atoms. The number of hydrogen-bond donors (Lipinski definition) is 0. The molecule has 30 heavy (non-hydrogen) atoms. The fourth-order valence-corrected chi connectivity index (χ4v) is 4.15. The molecule has 1 aromatic heterocycles. The van der Waals surface area contributed by atoms with Crippen molar-refractivity contribution in [2.45, 2.75) is 13.8 Å². The van der Waals surface area contributed by atoms with Gasteiger partial charge in [-0.05, 0) is 49.5 Å². The van der Waals surface area contributed by atoms with Crippen molar-refractivity contribution < 1.29 is 9.18 Å². The van der Waals surface area contributed by atoms with Gasteiger partial charge in [0.1, 0.15) is 11.3 Å². The Bertz CT molecular complexity index is 973. The summed E-state index contributed by atoms with van der Waals surface area (Å²) < 4.78 is 14.9. The highest BCUT2D eigenvalue weighted by Gasteiger charge is 2.22. The van der Waals surface area contributed by atoms with Crippen LogP contribution in [0.15, 0.2) is 42.5 Å². The lowest BCUT2D eigenvalue weighted by molar-refractivity contribution is 0.0984. The number of rotatable bonds is 8. The number of carbonyl (C=O) groups is 1. The lowest BCUT2D eigenvalue weighted by Gasteiger charge is -2.25. The van der Waals surface area contributed by atoms with Crippen LogP contribution in [0.25, 0.3) is 10.2 Å². The molecule has 0 aliphatic carbocycles. The number of hydrogen-bond acceptors (Lipinski definition) is 5. The van der Waals surface area contributed by atoms with Crippen molar-refractivity contribution in [2.24, 2.45) is 0 Å². The van der Waals surface area contributed by atoms with Gasteiger partial charge in [0, 0.05) is 38.4 Å². The van der Waals surface area contributed by atoms with Gasteiger partial charge in [-0.1, -0.05) is 31.3 Å². The summed E-state index contributed by atoms with van der Waals surface area (Å²) in [5.41, 5.74) is 1.93. The minimum Gasteiger partial charge on any atom is -0.378 e. The number of fused-ring (bicyclic) bond motifs is 1. The van der Waals surface area contributed by atoms with Crippen LogP contribution in [-0.2, 0) is 0 Å². The molecule has 0 bridgehead atoms. The average Bonchev–Trinajstić information content (AvgIpc) is 3.16. The number of anilines is 2. The van der Waals surface area contributed by atoms with E-state index in [2.05, 4.69) is 23.7 Å². The summed E-state index contributed by atoms with van der Waals surface area (Å²) in [7, 11) is 3.92. The smallest absolute Gasteiger partial charge is 0.260 e. The molecule has 3 aromatic rings. The fraction of sp³-hybridized carbons (Fsp3) is 0.364. The highest BCUT2D eigenvalue weighted by Crippen LogP contribution is 2.31. The first-order valence-corrected chi connectivity index (χ1v) is 10.6. The van der Waals surface area contributed by atoms with Crippen molar-refractivity contribution in [3.05, 3.63) is 53.8 Å². The number of thiazole rings is 1. The van der Waals surface area contributed by atoms with Gasteiger partial charge in [-0.25, -0.2) is 9.37 Å². The molecule has 162 valence electrons. The van der Waals surface area contributed by atoms with E-state index in [0.29, 0.717) is 22.8 Å². The van der Waals surface area contributed by atoms with Crippen LogP contribution in [0.3, 0.4) is 0 Å². The van der Waals surface area contributed by atoms with Crippen LogP contribution >= 0.6 is 23.7 Å². The molecular weight excluding hydrogens is 423 g/mol. The predicted molar refractivity (Wildman–Crippen MR) is 127 cm³/mol. The lowest BCUT2D eigenvalue weighted by atomic mass is 10.1. The Balaban J connectivity index is 0.00000320. The molecule has 5 nitrogen and oxygen atoms in total. The molecule has 0 radical (unpaired) electrons. The first-order valence-electron chi connectivity index (χ1n) is 9.81. The number of halogens is 2. The van der Waals surface area contributed by atoms with Crippen molar-refractivity contribution in [3.8, 4) is 0 Å². The topological polar surface area (TPSA) is 39.7 Å². The molecule has 3 rings (SSSR count). The molecule has 2 aromatic carbocycles. The van der Waals surface area contributed by atoms with E-state index in [1.54, 1.807) is 11.0 Å². The third-order valence-corrected chi connectivity index (χ3v) is 6.04. The van der Waals surface area contributed by atoms with Crippen molar-refractivity contribution >= 4 is 50.7 Å².